The second kappa shape index (κ2) is 4.03. The number of hydrogen-bond donors (Lipinski definition) is 0. The minimum atomic E-state index is 1.32. The van der Waals surface area contributed by atoms with Gasteiger partial charge in [0, 0.05) is 9.58 Å². The molecule has 0 aliphatic heterocycles. The highest BCUT2D eigenvalue weighted by molar-refractivity contribution is 7.20. The number of rotatable bonds is 2. The van der Waals surface area contributed by atoms with Gasteiger partial charge in [-0.3, -0.25) is 0 Å². The van der Waals surface area contributed by atoms with Gasteiger partial charge in [0.25, 0.3) is 0 Å². The average molecular weight is 214 g/mol. The van der Waals surface area contributed by atoms with E-state index in [-0.39, 0.29) is 0 Å². The van der Waals surface area contributed by atoms with Crippen LogP contribution in [0.1, 0.15) is 16.0 Å². The summed E-state index contributed by atoms with van der Waals surface area (Å²) in [5, 5.41) is 1.37. The van der Waals surface area contributed by atoms with E-state index in [1.54, 1.807) is 0 Å². The topological polar surface area (TPSA) is 0 Å². The normalized spacial score (nSPS) is 11.3. The molecule has 0 N–H and O–H groups in total. The number of fused-ring (bicyclic) bond motifs is 1. The standard InChI is InChI=1S/C14H14S/c1-4-5-6-13-11(3)12-8-7-10(2)9-14(12)15-13/h4-9H,1H2,2-3H3/b6-5-. The van der Waals surface area contributed by atoms with E-state index in [0.717, 1.165) is 0 Å². The molecule has 0 radical (unpaired) electrons. The molecule has 15 heavy (non-hydrogen) atoms. The molecule has 0 nitrogen and oxygen atoms in total. The highest BCUT2D eigenvalue weighted by Crippen LogP contribution is 2.32. The van der Waals surface area contributed by atoms with Crippen molar-refractivity contribution in [2.45, 2.75) is 13.8 Å². The molecule has 0 atom stereocenters. The Morgan fingerprint density at radius 3 is 2.80 bits per heavy atom. The third-order valence-corrected chi connectivity index (χ3v) is 3.73. The highest BCUT2D eigenvalue weighted by atomic mass is 32.1. The van der Waals surface area contributed by atoms with Crippen molar-refractivity contribution in [3.05, 3.63) is 52.9 Å². The fourth-order valence-electron chi connectivity index (χ4n) is 1.67. The third kappa shape index (κ3) is 1.88. The van der Waals surface area contributed by atoms with E-state index in [0.29, 0.717) is 0 Å². The first kappa shape index (κ1) is 10.2. The Bertz CT molecular complexity index is 530. The van der Waals surface area contributed by atoms with E-state index in [9.17, 15) is 0 Å². The van der Waals surface area contributed by atoms with Gasteiger partial charge in [-0.05, 0) is 42.5 Å². The van der Waals surface area contributed by atoms with Crippen LogP contribution in [-0.2, 0) is 0 Å². The summed E-state index contributed by atoms with van der Waals surface area (Å²) in [6.07, 6.45) is 5.93. The van der Waals surface area contributed by atoms with Gasteiger partial charge in [0.15, 0.2) is 0 Å². The second-order valence-electron chi connectivity index (χ2n) is 3.69. The summed E-state index contributed by atoms with van der Waals surface area (Å²) in [5.41, 5.74) is 2.69. The lowest BCUT2D eigenvalue weighted by atomic mass is 10.1. The number of benzene rings is 1. The van der Waals surface area contributed by atoms with E-state index in [1.807, 2.05) is 23.5 Å². The SMILES string of the molecule is C=C/C=C\c1sc2cc(C)ccc2c1C. The van der Waals surface area contributed by atoms with E-state index in [4.69, 9.17) is 0 Å². The van der Waals surface area contributed by atoms with Gasteiger partial charge in [-0.15, -0.1) is 11.3 Å². The molecule has 1 aromatic carbocycles. The second-order valence-corrected chi connectivity index (χ2v) is 4.77. The van der Waals surface area contributed by atoms with E-state index >= 15 is 0 Å². The van der Waals surface area contributed by atoms with Crippen LogP contribution in [0.5, 0.6) is 0 Å². The molecule has 0 unspecified atom stereocenters. The fraction of sp³-hybridized carbons (Fsp3) is 0.143. The van der Waals surface area contributed by atoms with Crippen LogP contribution in [0.2, 0.25) is 0 Å². The molecule has 0 aliphatic carbocycles. The maximum absolute atomic E-state index is 3.69. The molecule has 0 fully saturated rings. The molecule has 0 saturated carbocycles. The number of allylic oxidation sites excluding steroid dienone is 2. The van der Waals surface area contributed by atoms with Gasteiger partial charge in [0.1, 0.15) is 0 Å². The Kier molecular flexibility index (Phi) is 2.74. The Labute approximate surface area is 94.6 Å². The first-order valence-electron chi connectivity index (χ1n) is 5.01. The van der Waals surface area contributed by atoms with Crippen LogP contribution in [0.4, 0.5) is 0 Å². The molecule has 1 aromatic heterocycles. The molecule has 0 spiro atoms. The Morgan fingerprint density at radius 1 is 1.27 bits per heavy atom. The van der Waals surface area contributed by atoms with Crippen LogP contribution in [-0.4, -0.2) is 0 Å². The number of aryl methyl sites for hydroxylation is 2. The molecule has 76 valence electrons. The fourth-order valence-corrected chi connectivity index (χ4v) is 2.89. The molecule has 2 rings (SSSR count). The molecule has 1 heteroatoms. The zero-order valence-electron chi connectivity index (χ0n) is 9.08. The predicted octanol–water partition coefficient (Wildman–Crippen LogP) is 4.72. The zero-order chi connectivity index (χ0) is 10.8. The Hall–Kier alpha value is -1.34. The van der Waals surface area contributed by atoms with Gasteiger partial charge >= 0.3 is 0 Å². The predicted molar refractivity (Wildman–Crippen MR) is 70.5 cm³/mol. The van der Waals surface area contributed by atoms with Crippen LogP contribution >= 0.6 is 11.3 Å². The smallest absolute Gasteiger partial charge is 0.0354 e. The van der Waals surface area contributed by atoms with E-state index in [2.05, 4.69) is 44.7 Å². The first-order valence-corrected chi connectivity index (χ1v) is 5.83. The van der Waals surface area contributed by atoms with Crippen molar-refractivity contribution in [2.24, 2.45) is 0 Å². The maximum Gasteiger partial charge on any atom is 0.0354 e. The quantitative estimate of drug-likeness (QED) is 0.635. The van der Waals surface area contributed by atoms with Crippen LogP contribution in [0, 0.1) is 13.8 Å². The van der Waals surface area contributed by atoms with Gasteiger partial charge in [-0.2, -0.15) is 0 Å². The Morgan fingerprint density at radius 2 is 2.07 bits per heavy atom. The van der Waals surface area contributed by atoms with Gasteiger partial charge in [-0.1, -0.05) is 30.9 Å². The summed E-state index contributed by atoms with van der Waals surface area (Å²) in [4.78, 5) is 1.33. The molecule has 0 saturated heterocycles. The van der Waals surface area contributed by atoms with Crippen molar-refractivity contribution >= 4 is 27.5 Å². The van der Waals surface area contributed by atoms with Crippen molar-refractivity contribution in [1.82, 2.24) is 0 Å². The highest BCUT2D eigenvalue weighted by Gasteiger charge is 2.05. The van der Waals surface area contributed by atoms with Crippen LogP contribution < -0.4 is 0 Å². The minimum Gasteiger partial charge on any atom is -0.136 e. The van der Waals surface area contributed by atoms with Crippen molar-refractivity contribution in [1.29, 1.82) is 0 Å². The summed E-state index contributed by atoms with van der Waals surface area (Å²) in [5.74, 6) is 0. The van der Waals surface area contributed by atoms with Gasteiger partial charge in [-0.25, -0.2) is 0 Å². The van der Waals surface area contributed by atoms with E-state index in [1.165, 1.54) is 26.1 Å². The number of hydrogen-bond acceptors (Lipinski definition) is 1. The summed E-state index contributed by atoms with van der Waals surface area (Å²) < 4.78 is 1.37. The van der Waals surface area contributed by atoms with Gasteiger partial charge in [0.2, 0.25) is 0 Å². The lowest BCUT2D eigenvalue weighted by molar-refractivity contribution is 1.50. The third-order valence-electron chi connectivity index (χ3n) is 2.51. The average Bonchev–Trinajstić information content (AvgIpc) is 2.52. The molecule has 2 aromatic rings. The first-order chi connectivity index (χ1) is 7.22. The van der Waals surface area contributed by atoms with Crippen LogP contribution in [0.25, 0.3) is 16.2 Å². The molecule has 1 heterocycles. The summed E-state index contributed by atoms with van der Waals surface area (Å²) in [7, 11) is 0. The summed E-state index contributed by atoms with van der Waals surface area (Å²) in [6.45, 7) is 8.00. The Balaban J connectivity index is 2.63. The van der Waals surface area contributed by atoms with Gasteiger partial charge < -0.3 is 0 Å². The summed E-state index contributed by atoms with van der Waals surface area (Å²) in [6, 6.07) is 6.63. The molecule has 0 aliphatic rings. The lowest BCUT2D eigenvalue weighted by Gasteiger charge is -1.93. The van der Waals surface area contributed by atoms with Crippen molar-refractivity contribution < 1.29 is 0 Å². The molecule has 0 amide bonds. The van der Waals surface area contributed by atoms with Crippen LogP contribution in [0.3, 0.4) is 0 Å². The largest absolute Gasteiger partial charge is 0.136 e. The molecular weight excluding hydrogens is 200 g/mol. The van der Waals surface area contributed by atoms with Crippen molar-refractivity contribution in [2.75, 3.05) is 0 Å². The number of thiophene rings is 1. The molecule has 0 bridgehead atoms. The lowest BCUT2D eigenvalue weighted by Crippen LogP contribution is -1.72. The van der Waals surface area contributed by atoms with E-state index < -0.39 is 0 Å². The zero-order valence-corrected chi connectivity index (χ0v) is 9.90. The minimum absolute atomic E-state index is 1.32. The van der Waals surface area contributed by atoms with Crippen molar-refractivity contribution in [3.63, 3.8) is 0 Å². The summed E-state index contributed by atoms with van der Waals surface area (Å²) >= 11 is 1.84. The maximum atomic E-state index is 3.69. The van der Waals surface area contributed by atoms with Crippen LogP contribution in [0.15, 0.2) is 36.9 Å². The molecular formula is C14H14S. The monoisotopic (exact) mass is 214 g/mol. The van der Waals surface area contributed by atoms with Crippen molar-refractivity contribution in [3.8, 4) is 0 Å². The van der Waals surface area contributed by atoms with Gasteiger partial charge in [0.05, 0.1) is 0 Å².